The van der Waals surface area contributed by atoms with Crippen LogP contribution in [0, 0.1) is 27.7 Å². The Labute approximate surface area is 175 Å². The van der Waals surface area contributed by atoms with Gasteiger partial charge in [0.05, 0.1) is 17.2 Å². The van der Waals surface area contributed by atoms with Gasteiger partial charge in [-0.3, -0.25) is 9.59 Å². The zero-order chi connectivity index (χ0) is 21.1. The van der Waals surface area contributed by atoms with E-state index in [9.17, 15) is 9.59 Å². The van der Waals surface area contributed by atoms with Gasteiger partial charge in [-0.2, -0.15) is 0 Å². The van der Waals surface area contributed by atoms with E-state index >= 15 is 0 Å². The number of likely N-dealkylation sites (N-methyl/N-ethyl adjacent to an activating group) is 1. The molecular formula is C22H26N4O2S. The Kier molecular flexibility index (Phi) is 6.17. The third-order valence-electron chi connectivity index (χ3n) is 4.90. The molecule has 0 spiro atoms. The fourth-order valence-electron chi connectivity index (χ4n) is 3.19. The Bertz CT molecular complexity index is 1030. The van der Waals surface area contributed by atoms with Crippen molar-refractivity contribution in [2.24, 2.45) is 0 Å². The van der Waals surface area contributed by atoms with Crippen molar-refractivity contribution in [2.45, 2.75) is 34.2 Å². The first-order valence-electron chi connectivity index (χ1n) is 9.44. The van der Waals surface area contributed by atoms with Crippen molar-refractivity contribution in [3.63, 3.8) is 0 Å². The SMILES string of the molecule is Cc1ccc(NC(=O)CN(C)C(=O)Cn2c(C)cc(-c3csc(C)n3)c2C)cc1. The highest BCUT2D eigenvalue weighted by molar-refractivity contribution is 7.09. The minimum absolute atomic E-state index is 0.00418. The molecule has 0 atom stereocenters. The second kappa shape index (κ2) is 8.61. The standard InChI is InChI=1S/C22H26N4O2S/c1-14-6-8-18(9-7-14)24-21(27)11-25(5)22(28)12-26-15(2)10-19(16(26)3)20-13-29-17(4)23-20/h6-10,13H,11-12H2,1-5H3,(H,24,27). The van der Waals surface area contributed by atoms with Gasteiger partial charge in [0.15, 0.2) is 0 Å². The van der Waals surface area contributed by atoms with E-state index in [0.717, 1.165) is 38.9 Å². The molecule has 0 aliphatic heterocycles. The van der Waals surface area contributed by atoms with Crippen LogP contribution >= 0.6 is 11.3 Å². The van der Waals surface area contributed by atoms with Gasteiger partial charge >= 0.3 is 0 Å². The van der Waals surface area contributed by atoms with Gasteiger partial charge < -0.3 is 14.8 Å². The lowest BCUT2D eigenvalue weighted by Gasteiger charge is -2.19. The van der Waals surface area contributed by atoms with Crippen molar-refractivity contribution in [3.05, 3.63) is 57.7 Å². The number of hydrogen-bond donors (Lipinski definition) is 1. The molecule has 7 heteroatoms. The second-order valence-corrected chi connectivity index (χ2v) is 8.35. The Morgan fingerprint density at radius 1 is 1.14 bits per heavy atom. The maximum atomic E-state index is 12.7. The van der Waals surface area contributed by atoms with Crippen LogP contribution in [0.1, 0.15) is 22.0 Å². The lowest BCUT2D eigenvalue weighted by Crippen LogP contribution is -2.37. The summed E-state index contributed by atoms with van der Waals surface area (Å²) in [4.78, 5) is 31.0. The molecule has 3 aromatic rings. The van der Waals surface area contributed by atoms with Gasteiger partial charge in [0.1, 0.15) is 6.54 Å². The maximum absolute atomic E-state index is 12.7. The van der Waals surface area contributed by atoms with E-state index in [4.69, 9.17) is 0 Å². The number of aryl methyl sites for hydroxylation is 3. The predicted octanol–water partition coefficient (Wildman–Crippen LogP) is 3.94. The first-order chi connectivity index (χ1) is 13.7. The molecule has 152 valence electrons. The summed E-state index contributed by atoms with van der Waals surface area (Å²) in [7, 11) is 1.65. The Morgan fingerprint density at radius 3 is 2.45 bits per heavy atom. The number of benzene rings is 1. The monoisotopic (exact) mass is 410 g/mol. The molecule has 0 unspecified atom stereocenters. The van der Waals surface area contributed by atoms with E-state index in [1.807, 2.05) is 61.9 Å². The van der Waals surface area contributed by atoms with E-state index in [-0.39, 0.29) is 24.9 Å². The Hall–Kier alpha value is -2.93. The fraction of sp³-hybridized carbons (Fsp3) is 0.318. The van der Waals surface area contributed by atoms with Gasteiger partial charge in [-0.15, -0.1) is 11.3 Å². The highest BCUT2D eigenvalue weighted by atomic mass is 32.1. The number of hydrogen-bond acceptors (Lipinski definition) is 4. The topological polar surface area (TPSA) is 67.2 Å². The summed E-state index contributed by atoms with van der Waals surface area (Å²) >= 11 is 1.61. The highest BCUT2D eigenvalue weighted by Crippen LogP contribution is 2.28. The van der Waals surface area contributed by atoms with Crippen molar-refractivity contribution in [1.82, 2.24) is 14.5 Å². The van der Waals surface area contributed by atoms with Crippen molar-refractivity contribution in [2.75, 3.05) is 18.9 Å². The van der Waals surface area contributed by atoms with Crippen LogP contribution in [-0.4, -0.2) is 39.9 Å². The molecule has 0 saturated heterocycles. The molecule has 3 rings (SSSR count). The molecule has 2 amide bonds. The van der Waals surface area contributed by atoms with Crippen LogP contribution in [0.15, 0.2) is 35.7 Å². The lowest BCUT2D eigenvalue weighted by molar-refractivity contribution is -0.133. The van der Waals surface area contributed by atoms with Gasteiger partial charge in [-0.1, -0.05) is 17.7 Å². The van der Waals surface area contributed by atoms with E-state index in [1.54, 1.807) is 18.4 Å². The molecule has 0 aliphatic rings. The molecule has 0 saturated carbocycles. The minimum atomic E-state index is -0.218. The van der Waals surface area contributed by atoms with Crippen LogP contribution in [0.5, 0.6) is 0 Å². The minimum Gasteiger partial charge on any atom is -0.339 e. The van der Waals surface area contributed by atoms with Gasteiger partial charge in [-0.25, -0.2) is 4.98 Å². The van der Waals surface area contributed by atoms with E-state index in [2.05, 4.69) is 16.4 Å². The highest BCUT2D eigenvalue weighted by Gasteiger charge is 2.18. The summed E-state index contributed by atoms with van der Waals surface area (Å²) in [6.45, 7) is 8.14. The van der Waals surface area contributed by atoms with Gasteiger partial charge in [0.25, 0.3) is 0 Å². The van der Waals surface area contributed by atoms with E-state index < -0.39 is 0 Å². The molecule has 2 aromatic heterocycles. The van der Waals surface area contributed by atoms with Crippen molar-refractivity contribution in [1.29, 1.82) is 0 Å². The molecule has 0 radical (unpaired) electrons. The molecular weight excluding hydrogens is 384 g/mol. The summed E-state index contributed by atoms with van der Waals surface area (Å²) in [6.07, 6.45) is 0. The summed E-state index contributed by atoms with van der Waals surface area (Å²) < 4.78 is 1.97. The van der Waals surface area contributed by atoms with Crippen LogP contribution in [0.2, 0.25) is 0 Å². The molecule has 0 aliphatic carbocycles. The van der Waals surface area contributed by atoms with Crippen molar-refractivity contribution < 1.29 is 9.59 Å². The summed E-state index contributed by atoms with van der Waals surface area (Å²) in [5.41, 5.74) is 5.82. The zero-order valence-corrected chi connectivity index (χ0v) is 18.3. The zero-order valence-electron chi connectivity index (χ0n) is 17.4. The van der Waals surface area contributed by atoms with Crippen molar-refractivity contribution in [3.8, 4) is 11.3 Å². The number of carbonyl (C=O) groups is 2. The third kappa shape index (κ3) is 4.92. The lowest BCUT2D eigenvalue weighted by atomic mass is 10.2. The predicted molar refractivity (Wildman–Crippen MR) is 117 cm³/mol. The number of amides is 2. The molecule has 6 nitrogen and oxygen atoms in total. The quantitative estimate of drug-likeness (QED) is 0.669. The smallest absolute Gasteiger partial charge is 0.243 e. The Morgan fingerprint density at radius 2 is 1.83 bits per heavy atom. The van der Waals surface area contributed by atoms with Crippen LogP contribution < -0.4 is 5.32 Å². The van der Waals surface area contributed by atoms with E-state index in [0.29, 0.717) is 0 Å². The normalized spacial score (nSPS) is 10.8. The molecule has 0 fully saturated rings. The average Bonchev–Trinajstić information content (AvgIpc) is 3.21. The van der Waals surface area contributed by atoms with Gasteiger partial charge in [0.2, 0.25) is 11.8 Å². The molecule has 0 bridgehead atoms. The number of nitrogens with zero attached hydrogens (tertiary/aromatic N) is 3. The number of anilines is 1. The second-order valence-electron chi connectivity index (χ2n) is 7.29. The summed E-state index contributed by atoms with van der Waals surface area (Å²) in [5, 5.41) is 5.87. The summed E-state index contributed by atoms with van der Waals surface area (Å²) in [6, 6.07) is 9.63. The Balaban J connectivity index is 1.64. The largest absolute Gasteiger partial charge is 0.339 e. The van der Waals surface area contributed by atoms with E-state index in [1.165, 1.54) is 4.90 Å². The molecule has 29 heavy (non-hydrogen) atoms. The molecule has 1 aromatic carbocycles. The third-order valence-corrected chi connectivity index (χ3v) is 5.68. The number of rotatable bonds is 6. The van der Waals surface area contributed by atoms with Gasteiger partial charge in [0, 0.05) is 35.1 Å². The van der Waals surface area contributed by atoms with Crippen molar-refractivity contribution >= 4 is 28.8 Å². The van der Waals surface area contributed by atoms with Crippen LogP contribution in [0.25, 0.3) is 11.3 Å². The first kappa shape index (κ1) is 20.8. The van der Waals surface area contributed by atoms with Gasteiger partial charge in [-0.05, 0) is 45.9 Å². The number of thiazole rings is 1. The number of nitrogens with one attached hydrogen (secondary N) is 1. The van der Waals surface area contributed by atoms with Crippen LogP contribution in [0.3, 0.4) is 0 Å². The fourth-order valence-corrected chi connectivity index (χ4v) is 3.80. The molecule has 2 heterocycles. The average molecular weight is 411 g/mol. The number of aromatic nitrogens is 2. The maximum Gasteiger partial charge on any atom is 0.243 e. The molecule has 1 N–H and O–H groups in total. The van der Waals surface area contributed by atoms with Crippen LogP contribution in [0.4, 0.5) is 5.69 Å². The van der Waals surface area contributed by atoms with Crippen LogP contribution in [-0.2, 0) is 16.1 Å². The first-order valence-corrected chi connectivity index (χ1v) is 10.3. The summed E-state index contributed by atoms with van der Waals surface area (Å²) in [5.74, 6) is -0.337. The number of carbonyl (C=O) groups excluding carboxylic acids is 2.